The van der Waals surface area contributed by atoms with Crippen LogP contribution in [0.1, 0.15) is 33.6 Å². The van der Waals surface area contributed by atoms with Gasteiger partial charge in [-0.1, -0.05) is 0 Å². The minimum atomic E-state index is -1.12. The molecule has 2 N–H and O–H groups in total. The van der Waals surface area contributed by atoms with E-state index in [4.69, 9.17) is 9.84 Å². The number of aromatic nitrogens is 1. The fourth-order valence-corrected chi connectivity index (χ4v) is 2.21. The van der Waals surface area contributed by atoms with Crippen molar-refractivity contribution < 1.29 is 19.4 Å². The van der Waals surface area contributed by atoms with Crippen molar-refractivity contribution in [3.8, 4) is 0 Å². The van der Waals surface area contributed by atoms with Gasteiger partial charge in [-0.15, -0.1) is 11.3 Å². The topological polar surface area (TPSA) is 88.5 Å². The predicted octanol–water partition coefficient (Wildman–Crippen LogP) is 0.750. The Labute approximate surface area is 102 Å². The number of carboxylic acid groups (broad SMARTS) is 1. The fourth-order valence-electron chi connectivity index (χ4n) is 1.58. The number of nitrogens with zero attached hydrogens (tertiary/aromatic N) is 1. The van der Waals surface area contributed by atoms with Gasteiger partial charge in [0.2, 0.25) is 5.01 Å². The zero-order chi connectivity index (χ0) is 12.5. The van der Waals surface area contributed by atoms with Crippen LogP contribution >= 0.6 is 11.3 Å². The van der Waals surface area contributed by atoms with Crippen LogP contribution in [0.25, 0.3) is 0 Å². The summed E-state index contributed by atoms with van der Waals surface area (Å²) >= 11 is 0.940. The van der Waals surface area contributed by atoms with Crippen molar-refractivity contribution >= 4 is 23.2 Å². The van der Waals surface area contributed by atoms with Crippen LogP contribution in [0.3, 0.4) is 0 Å². The summed E-state index contributed by atoms with van der Waals surface area (Å²) in [7, 11) is 0. The number of hydrogen-bond donors (Lipinski definition) is 2. The van der Waals surface area contributed by atoms with Crippen molar-refractivity contribution in [2.24, 2.45) is 0 Å². The van der Waals surface area contributed by atoms with Gasteiger partial charge in [-0.25, -0.2) is 9.78 Å². The van der Waals surface area contributed by atoms with Gasteiger partial charge in [-0.05, 0) is 13.3 Å². The van der Waals surface area contributed by atoms with E-state index in [9.17, 15) is 9.59 Å². The van der Waals surface area contributed by atoms with Gasteiger partial charge >= 0.3 is 5.97 Å². The Morgan fingerprint density at radius 1 is 1.65 bits per heavy atom. The molecule has 1 saturated heterocycles. The SMILES string of the molecule is CC1(NC(=O)c2csc(C(=O)O)n2)CCOC1. The maximum atomic E-state index is 11.8. The van der Waals surface area contributed by atoms with E-state index in [2.05, 4.69) is 10.3 Å². The standard InChI is InChI=1S/C10H12N2O4S/c1-10(2-3-16-5-10)12-7(13)6-4-17-8(11-6)9(14)15/h4H,2-3,5H2,1H3,(H,12,13)(H,14,15). The molecule has 0 bridgehead atoms. The average Bonchev–Trinajstić information content (AvgIpc) is 2.86. The lowest BCUT2D eigenvalue weighted by Gasteiger charge is -2.22. The molecule has 0 aromatic carbocycles. The first kappa shape index (κ1) is 12.0. The lowest BCUT2D eigenvalue weighted by atomic mass is 10.0. The summed E-state index contributed by atoms with van der Waals surface area (Å²) in [6.07, 6.45) is 0.745. The highest BCUT2D eigenvalue weighted by Gasteiger charge is 2.32. The zero-order valence-corrected chi connectivity index (χ0v) is 10.0. The molecule has 1 aromatic heterocycles. The highest BCUT2D eigenvalue weighted by Crippen LogP contribution is 2.18. The number of thiazole rings is 1. The number of carbonyl (C=O) groups is 2. The van der Waals surface area contributed by atoms with E-state index in [-0.39, 0.29) is 22.1 Å². The van der Waals surface area contributed by atoms with Gasteiger partial charge in [-0.2, -0.15) is 0 Å². The summed E-state index contributed by atoms with van der Waals surface area (Å²) in [5.41, 5.74) is -0.245. The van der Waals surface area contributed by atoms with Gasteiger partial charge in [-0.3, -0.25) is 4.79 Å². The number of carbonyl (C=O) groups excluding carboxylic acids is 1. The smallest absolute Gasteiger partial charge is 0.365 e. The van der Waals surface area contributed by atoms with Crippen LogP contribution in [0.4, 0.5) is 0 Å². The van der Waals surface area contributed by atoms with E-state index in [0.717, 1.165) is 17.8 Å². The quantitative estimate of drug-likeness (QED) is 0.833. The van der Waals surface area contributed by atoms with Gasteiger partial charge < -0.3 is 15.2 Å². The number of nitrogens with one attached hydrogen (secondary N) is 1. The molecule has 0 aliphatic carbocycles. The molecule has 1 fully saturated rings. The number of rotatable bonds is 3. The maximum Gasteiger partial charge on any atom is 0.365 e. The van der Waals surface area contributed by atoms with Crippen LogP contribution in [-0.2, 0) is 4.74 Å². The van der Waals surface area contributed by atoms with Gasteiger partial charge in [0, 0.05) is 12.0 Å². The Morgan fingerprint density at radius 3 is 2.94 bits per heavy atom. The lowest BCUT2D eigenvalue weighted by molar-refractivity contribution is 0.0696. The van der Waals surface area contributed by atoms with Crippen molar-refractivity contribution in [2.45, 2.75) is 18.9 Å². The van der Waals surface area contributed by atoms with Crippen LogP contribution in [0, 0.1) is 0 Å². The van der Waals surface area contributed by atoms with Crippen LogP contribution < -0.4 is 5.32 Å². The fraction of sp³-hybridized carbons (Fsp3) is 0.500. The summed E-state index contributed by atoms with van der Waals surface area (Å²) in [5, 5.41) is 12.9. The molecule has 17 heavy (non-hydrogen) atoms. The van der Waals surface area contributed by atoms with E-state index >= 15 is 0 Å². The largest absolute Gasteiger partial charge is 0.476 e. The molecule has 1 aromatic rings. The number of amides is 1. The summed E-state index contributed by atoms with van der Waals surface area (Å²) < 4.78 is 5.21. The van der Waals surface area contributed by atoms with E-state index < -0.39 is 5.97 Å². The molecule has 1 atom stereocenters. The Kier molecular flexibility index (Phi) is 3.12. The number of aromatic carboxylic acids is 1. The monoisotopic (exact) mass is 256 g/mol. The number of ether oxygens (including phenoxy) is 1. The first-order valence-electron chi connectivity index (χ1n) is 5.09. The molecular weight excluding hydrogens is 244 g/mol. The molecule has 7 heteroatoms. The van der Waals surface area contributed by atoms with Crippen molar-refractivity contribution in [1.82, 2.24) is 10.3 Å². The van der Waals surface area contributed by atoms with Gasteiger partial charge in [0.25, 0.3) is 5.91 Å². The molecule has 92 valence electrons. The average molecular weight is 256 g/mol. The highest BCUT2D eigenvalue weighted by molar-refractivity contribution is 7.11. The molecule has 1 aliphatic rings. The lowest BCUT2D eigenvalue weighted by Crippen LogP contribution is -2.46. The molecule has 1 unspecified atom stereocenters. The van der Waals surface area contributed by atoms with E-state index in [1.807, 2.05) is 6.92 Å². The molecular formula is C10H12N2O4S. The number of hydrogen-bond acceptors (Lipinski definition) is 5. The zero-order valence-electron chi connectivity index (χ0n) is 9.23. The minimum absolute atomic E-state index is 0.0806. The summed E-state index contributed by atoms with van der Waals surface area (Å²) in [6.45, 7) is 2.98. The van der Waals surface area contributed by atoms with E-state index in [1.54, 1.807) is 0 Å². The summed E-state index contributed by atoms with van der Waals surface area (Å²) in [4.78, 5) is 26.2. The van der Waals surface area contributed by atoms with E-state index in [1.165, 1.54) is 5.38 Å². The molecule has 2 rings (SSSR count). The molecule has 0 saturated carbocycles. The Hall–Kier alpha value is -1.47. The molecule has 6 nitrogen and oxygen atoms in total. The van der Waals surface area contributed by atoms with Gasteiger partial charge in [0.1, 0.15) is 5.69 Å². The first-order chi connectivity index (χ1) is 8.00. The van der Waals surface area contributed by atoms with E-state index in [0.29, 0.717) is 13.2 Å². The minimum Gasteiger partial charge on any atom is -0.476 e. The second-order valence-electron chi connectivity index (χ2n) is 4.16. The Bertz CT molecular complexity index is 451. The normalized spacial score (nSPS) is 23.6. The third-order valence-corrected chi connectivity index (χ3v) is 3.38. The van der Waals surface area contributed by atoms with Crippen LogP contribution in [-0.4, -0.2) is 40.7 Å². The number of carboxylic acids is 1. The second-order valence-corrected chi connectivity index (χ2v) is 5.02. The first-order valence-corrected chi connectivity index (χ1v) is 5.97. The molecule has 1 amide bonds. The second kappa shape index (κ2) is 4.42. The summed E-state index contributed by atoms with van der Waals surface area (Å²) in [6, 6.07) is 0. The molecule has 1 aliphatic heterocycles. The van der Waals surface area contributed by atoms with Crippen molar-refractivity contribution in [1.29, 1.82) is 0 Å². The van der Waals surface area contributed by atoms with Gasteiger partial charge in [0.05, 0.1) is 12.1 Å². The third-order valence-electron chi connectivity index (χ3n) is 2.55. The Morgan fingerprint density at radius 2 is 2.41 bits per heavy atom. The van der Waals surface area contributed by atoms with Crippen molar-refractivity contribution in [3.63, 3.8) is 0 Å². The third kappa shape index (κ3) is 2.62. The van der Waals surface area contributed by atoms with Crippen LogP contribution in [0.5, 0.6) is 0 Å². The highest BCUT2D eigenvalue weighted by atomic mass is 32.1. The molecule has 0 radical (unpaired) electrons. The molecule has 2 heterocycles. The van der Waals surface area contributed by atoms with Gasteiger partial charge in [0.15, 0.2) is 0 Å². The molecule has 0 spiro atoms. The van der Waals surface area contributed by atoms with Crippen LogP contribution in [0.15, 0.2) is 5.38 Å². The van der Waals surface area contributed by atoms with Crippen molar-refractivity contribution in [3.05, 3.63) is 16.1 Å². The van der Waals surface area contributed by atoms with Crippen molar-refractivity contribution in [2.75, 3.05) is 13.2 Å². The van der Waals surface area contributed by atoms with Crippen LogP contribution in [0.2, 0.25) is 0 Å². The Balaban J connectivity index is 2.06. The predicted molar refractivity (Wildman–Crippen MR) is 60.4 cm³/mol. The summed E-state index contributed by atoms with van der Waals surface area (Å²) in [5.74, 6) is -1.48. The maximum absolute atomic E-state index is 11.8.